The summed E-state index contributed by atoms with van der Waals surface area (Å²) in [6, 6.07) is 1.39. The van der Waals surface area contributed by atoms with Crippen molar-refractivity contribution in [3.8, 4) is 11.5 Å². The van der Waals surface area contributed by atoms with Crippen LogP contribution < -0.4 is 0 Å². The van der Waals surface area contributed by atoms with Gasteiger partial charge in [-0.3, -0.25) is 4.98 Å². The summed E-state index contributed by atoms with van der Waals surface area (Å²) in [5, 5.41) is -1.74. The zero-order valence-corrected chi connectivity index (χ0v) is 16.4. The van der Waals surface area contributed by atoms with Crippen LogP contribution in [-0.2, 0) is 16.9 Å². The normalized spacial score (nSPS) is 13.8. The van der Waals surface area contributed by atoms with Gasteiger partial charge in [-0.1, -0.05) is 18.5 Å². The molecule has 154 valence electrons. The van der Waals surface area contributed by atoms with Crippen LogP contribution in [0.5, 0.6) is 0 Å². The molecule has 0 fully saturated rings. The lowest BCUT2D eigenvalue weighted by Crippen LogP contribution is -2.36. The van der Waals surface area contributed by atoms with Gasteiger partial charge >= 0.3 is 12.1 Å². The van der Waals surface area contributed by atoms with E-state index in [9.17, 15) is 30.4 Å². The number of imidazole rings is 1. The quantitative estimate of drug-likeness (QED) is 0.644. The van der Waals surface area contributed by atoms with E-state index >= 15 is 0 Å². The van der Waals surface area contributed by atoms with Gasteiger partial charge in [-0.05, 0) is 24.6 Å². The fourth-order valence-corrected chi connectivity index (χ4v) is 3.57. The van der Waals surface area contributed by atoms with Crippen molar-refractivity contribution >= 4 is 27.5 Å². The molecule has 2 aromatic rings. The summed E-state index contributed by atoms with van der Waals surface area (Å²) in [6.45, 7) is 3.07. The molecule has 0 saturated carbocycles. The minimum absolute atomic E-state index is 0.0296. The Bertz CT molecular complexity index is 1030. The third-order valence-electron chi connectivity index (χ3n) is 3.87. The van der Waals surface area contributed by atoms with Crippen molar-refractivity contribution in [2.24, 2.45) is 7.05 Å². The lowest BCUT2D eigenvalue weighted by molar-refractivity contribution is -0.261. The Morgan fingerprint density at radius 2 is 1.82 bits per heavy atom. The highest BCUT2D eigenvalue weighted by atomic mass is 35.5. The number of allylic oxidation sites excluding steroid dienone is 1. The second kappa shape index (κ2) is 7.43. The number of halogens is 6. The molecule has 2 heterocycles. The SMILES string of the molecule is CCS(=O)(=O)c1cc(C)cnc1-c1ncc(/C=C(\Cl)C(F)(F)C(F)(F)F)n1C. The molecular formula is C16H15ClF5N3O2S. The molecule has 0 N–H and O–H groups in total. The lowest BCUT2D eigenvalue weighted by atomic mass is 10.2. The molecule has 0 aliphatic heterocycles. The maximum Gasteiger partial charge on any atom is 0.459 e. The minimum atomic E-state index is -5.86. The number of alkyl halides is 5. The summed E-state index contributed by atoms with van der Waals surface area (Å²) in [5.41, 5.74) is 0.331. The fourth-order valence-electron chi connectivity index (χ4n) is 2.24. The number of sulfone groups is 1. The van der Waals surface area contributed by atoms with Gasteiger partial charge in [0.25, 0.3) is 0 Å². The predicted octanol–water partition coefficient (Wildman–Crippen LogP) is 4.36. The molecule has 0 aromatic carbocycles. The molecular weight excluding hydrogens is 429 g/mol. The van der Waals surface area contributed by atoms with Crippen LogP contribution in [0.1, 0.15) is 18.2 Å². The Kier molecular flexibility index (Phi) is 5.91. The zero-order chi connectivity index (χ0) is 21.5. The Hall–Kier alpha value is -2.01. The summed E-state index contributed by atoms with van der Waals surface area (Å²) in [4.78, 5) is 7.87. The van der Waals surface area contributed by atoms with Gasteiger partial charge in [0.15, 0.2) is 15.7 Å². The van der Waals surface area contributed by atoms with Crippen LogP contribution in [0.4, 0.5) is 22.0 Å². The van der Waals surface area contributed by atoms with Crippen LogP contribution in [0.2, 0.25) is 0 Å². The van der Waals surface area contributed by atoms with Crippen molar-refractivity contribution in [2.75, 3.05) is 5.75 Å². The van der Waals surface area contributed by atoms with Crippen LogP contribution >= 0.6 is 11.6 Å². The fraction of sp³-hybridized carbons (Fsp3) is 0.375. The van der Waals surface area contributed by atoms with E-state index in [1.54, 1.807) is 6.92 Å². The van der Waals surface area contributed by atoms with Gasteiger partial charge < -0.3 is 4.57 Å². The molecule has 28 heavy (non-hydrogen) atoms. The van der Waals surface area contributed by atoms with Crippen molar-refractivity contribution < 1.29 is 30.4 Å². The second-order valence-electron chi connectivity index (χ2n) is 5.89. The summed E-state index contributed by atoms with van der Waals surface area (Å²) in [6.07, 6.45) is -3.05. The highest BCUT2D eigenvalue weighted by Gasteiger charge is 2.59. The number of hydrogen-bond acceptors (Lipinski definition) is 4. The molecule has 0 aliphatic rings. The van der Waals surface area contributed by atoms with Gasteiger partial charge in [0.1, 0.15) is 5.69 Å². The number of aromatic nitrogens is 3. The lowest BCUT2D eigenvalue weighted by Gasteiger charge is -2.18. The van der Waals surface area contributed by atoms with Gasteiger partial charge in [0, 0.05) is 13.2 Å². The van der Waals surface area contributed by atoms with Crippen molar-refractivity contribution in [3.05, 3.63) is 34.7 Å². The van der Waals surface area contributed by atoms with E-state index < -0.39 is 27.0 Å². The van der Waals surface area contributed by atoms with Crippen molar-refractivity contribution in [3.63, 3.8) is 0 Å². The molecule has 0 spiro atoms. The van der Waals surface area contributed by atoms with Crippen LogP contribution in [-0.4, -0.2) is 40.8 Å². The first-order chi connectivity index (χ1) is 12.7. The maximum absolute atomic E-state index is 13.3. The van der Waals surface area contributed by atoms with Crippen LogP contribution in [0.15, 0.2) is 28.4 Å². The summed E-state index contributed by atoms with van der Waals surface area (Å²) in [5.74, 6) is -5.48. The molecule has 5 nitrogen and oxygen atoms in total. The molecule has 0 aliphatic carbocycles. The molecule has 0 amide bonds. The van der Waals surface area contributed by atoms with E-state index in [0.717, 1.165) is 10.8 Å². The average molecular weight is 444 g/mol. The standard InChI is InChI=1S/C16H15ClF5N3O2S/c1-4-28(26,27)11-5-9(2)7-23-13(11)14-24-8-10(25(14)3)6-12(17)15(18,19)16(20,21)22/h5-8H,4H2,1-3H3/b12-6-. The number of hydrogen-bond donors (Lipinski definition) is 0. The molecule has 0 saturated heterocycles. The Labute approximate surface area is 162 Å². The van der Waals surface area contributed by atoms with Gasteiger partial charge in [0.2, 0.25) is 0 Å². The summed E-state index contributed by atoms with van der Waals surface area (Å²) < 4.78 is 89.8. The molecule has 0 bridgehead atoms. The van der Waals surface area contributed by atoms with Gasteiger partial charge in [0.05, 0.1) is 27.6 Å². The van der Waals surface area contributed by atoms with E-state index in [1.165, 1.54) is 26.2 Å². The highest BCUT2D eigenvalue weighted by molar-refractivity contribution is 7.91. The van der Waals surface area contributed by atoms with Gasteiger partial charge in [-0.15, -0.1) is 0 Å². The highest BCUT2D eigenvalue weighted by Crippen LogP contribution is 2.43. The van der Waals surface area contributed by atoms with Gasteiger partial charge in [-0.2, -0.15) is 22.0 Å². The van der Waals surface area contributed by atoms with Crippen molar-refractivity contribution in [2.45, 2.75) is 30.8 Å². The second-order valence-corrected chi connectivity index (χ2v) is 8.55. The molecule has 12 heteroatoms. The first-order valence-electron chi connectivity index (χ1n) is 7.76. The van der Waals surface area contributed by atoms with Crippen molar-refractivity contribution in [1.82, 2.24) is 14.5 Å². The molecule has 0 atom stereocenters. The molecule has 2 aromatic heterocycles. The Morgan fingerprint density at radius 1 is 1.21 bits per heavy atom. The van der Waals surface area contributed by atoms with Gasteiger partial charge in [-0.25, -0.2) is 13.4 Å². The Morgan fingerprint density at radius 3 is 2.36 bits per heavy atom. The number of rotatable bonds is 5. The molecule has 2 rings (SSSR count). The Balaban J connectivity index is 2.61. The zero-order valence-electron chi connectivity index (χ0n) is 14.9. The number of nitrogens with zero attached hydrogens (tertiary/aromatic N) is 3. The summed E-state index contributed by atoms with van der Waals surface area (Å²) in [7, 11) is -2.39. The third kappa shape index (κ3) is 4.04. The third-order valence-corrected chi connectivity index (χ3v) is 5.96. The number of pyridine rings is 1. The topological polar surface area (TPSA) is 64.8 Å². The number of aryl methyl sites for hydroxylation is 1. The van der Waals surface area contributed by atoms with Crippen LogP contribution in [0.25, 0.3) is 17.6 Å². The first-order valence-corrected chi connectivity index (χ1v) is 9.79. The van der Waals surface area contributed by atoms with E-state index in [0.29, 0.717) is 11.6 Å². The van der Waals surface area contributed by atoms with E-state index in [1.807, 2.05) is 0 Å². The smallest absolute Gasteiger partial charge is 0.326 e. The molecule has 0 radical (unpaired) electrons. The van der Waals surface area contributed by atoms with E-state index in [4.69, 9.17) is 11.6 Å². The minimum Gasteiger partial charge on any atom is -0.326 e. The summed E-state index contributed by atoms with van der Waals surface area (Å²) >= 11 is 5.20. The van der Waals surface area contributed by atoms with E-state index in [2.05, 4.69) is 9.97 Å². The predicted molar refractivity (Wildman–Crippen MR) is 93.7 cm³/mol. The van der Waals surface area contributed by atoms with E-state index in [-0.39, 0.29) is 27.9 Å². The van der Waals surface area contributed by atoms with Crippen molar-refractivity contribution in [1.29, 1.82) is 0 Å². The van der Waals surface area contributed by atoms with Crippen LogP contribution in [0.3, 0.4) is 0 Å². The van der Waals surface area contributed by atoms with Crippen LogP contribution in [0, 0.1) is 6.92 Å². The largest absolute Gasteiger partial charge is 0.459 e. The average Bonchev–Trinajstić information content (AvgIpc) is 2.94. The first kappa shape index (κ1) is 22.3. The molecule has 0 unspecified atom stereocenters. The maximum atomic E-state index is 13.3. The monoisotopic (exact) mass is 443 g/mol.